The van der Waals surface area contributed by atoms with Gasteiger partial charge in [-0.15, -0.1) is 0 Å². The molecule has 0 fully saturated rings. The molecule has 0 saturated carbocycles. The molecule has 0 heterocycles. The topological polar surface area (TPSA) is 46.5 Å². The third-order valence-corrected chi connectivity index (χ3v) is 2.67. The third kappa shape index (κ3) is 3.73. The van der Waals surface area contributed by atoms with Gasteiger partial charge in [0.2, 0.25) is 0 Å². The van der Waals surface area contributed by atoms with Crippen molar-refractivity contribution in [1.29, 1.82) is 0 Å². The minimum atomic E-state index is -0.826. The number of carbonyl (C=O) groups is 1. The molecule has 0 aliphatic rings. The Morgan fingerprint density at radius 3 is 2.76 bits per heavy atom. The largest absolute Gasteiger partial charge is 0.496 e. The summed E-state index contributed by atoms with van der Waals surface area (Å²) < 4.78 is 17.5. The lowest BCUT2D eigenvalue weighted by Crippen LogP contribution is -2.12. The van der Waals surface area contributed by atoms with Crippen molar-refractivity contribution in [2.45, 2.75) is 19.8 Å². The fraction of sp³-hybridized carbons (Fsp3) is 0.462. The molecular weight excluding hydrogens is 223 g/mol. The van der Waals surface area contributed by atoms with Gasteiger partial charge in [0.05, 0.1) is 19.7 Å². The van der Waals surface area contributed by atoms with Crippen molar-refractivity contribution in [2.24, 2.45) is 5.92 Å². The van der Waals surface area contributed by atoms with Crippen LogP contribution in [-0.4, -0.2) is 24.9 Å². The van der Waals surface area contributed by atoms with Gasteiger partial charge in [0.15, 0.2) is 0 Å². The van der Waals surface area contributed by atoms with E-state index in [2.05, 4.69) is 0 Å². The van der Waals surface area contributed by atoms with E-state index in [1.165, 1.54) is 7.11 Å². The molecule has 4 heteroatoms. The highest BCUT2D eigenvalue weighted by Gasteiger charge is 2.13. The van der Waals surface area contributed by atoms with Crippen molar-refractivity contribution in [1.82, 2.24) is 0 Å². The lowest BCUT2D eigenvalue weighted by Gasteiger charge is -2.11. The number of aliphatic carboxylic acids is 1. The van der Waals surface area contributed by atoms with E-state index in [0.717, 1.165) is 11.1 Å². The molecule has 0 aliphatic carbocycles. The number of hydrogen-bond donors (Lipinski definition) is 1. The summed E-state index contributed by atoms with van der Waals surface area (Å²) in [5.74, 6) is -0.621. The predicted molar refractivity (Wildman–Crippen MR) is 63.2 cm³/mol. The molecule has 0 aromatic heterocycles. The number of alkyl halides is 1. The molecule has 1 N–H and O–H groups in total. The van der Waals surface area contributed by atoms with Crippen LogP contribution in [0.2, 0.25) is 0 Å². The van der Waals surface area contributed by atoms with Crippen molar-refractivity contribution < 1.29 is 19.0 Å². The molecule has 0 spiro atoms. The van der Waals surface area contributed by atoms with Crippen LogP contribution in [0.3, 0.4) is 0 Å². The van der Waals surface area contributed by atoms with Crippen LogP contribution in [-0.2, 0) is 17.6 Å². The van der Waals surface area contributed by atoms with E-state index in [0.29, 0.717) is 18.6 Å². The van der Waals surface area contributed by atoms with Crippen LogP contribution >= 0.6 is 0 Å². The van der Waals surface area contributed by atoms with E-state index < -0.39 is 18.6 Å². The second-order valence-corrected chi connectivity index (χ2v) is 4.03. The van der Waals surface area contributed by atoms with Gasteiger partial charge in [-0.1, -0.05) is 19.1 Å². The smallest absolute Gasteiger partial charge is 0.306 e. The molecule has 0 amide bonds. The Morgan fingerprint density at radius 1 is 1.53 bits per heavy atom. The lowest BCUT2D eigenvalue weighted by molar-refractivity contribution is -0.141. The summed E-state index contributed by atoms with van der Waals surface area (Å²) in [4.78, 5) is 10.8. The van der Waals surface area contributed by atoms with E-state index in [9.17, 15) is 9.18 Å². The maximum absolute atomic E-state index is 12.4. The van der Waals surface area contributed by atoms with Crippen LogP contribution in [0, 0.1) is 5.92 Å². The Morgan fingerprint density at radius 2 is 2.24 bits per heavy atom. The van der Waals surface area contributed by atoms with Gasteiger partial charge in [-0.2, -0.15) is 0 Å². The van der Waals surface area contributed by atoms with E-state index in [-0.39, 0.29) is 0 Å². The zero-order valence-electron chi connectivity index (χ0n) is 10.1. The number of methoxy groups -OCH3 is 1. The highest BCUT2D eigenvalue weighted by atomic mass is 19.1. The summed E-state index contributed by atoms with van der Waals surface area (Å²) in [5.41, 5.74) is 1.68. The normalized spacial score (nSPS) is 12.2. The number of ether oxygens (including phenoxy) is 1. The molecule has 1 atom stereocenters. The minimum absolute atomic E-state index is 0.290. The van der Waals surface area contributed by atoms with Gasteiger partial charge in [0.1, 0.15) is 5.75 Å². The first-order valence-corrected chi connectivity index (χ1v) is 5.53. The van der Waals surface area contributed by atoms with E-state index in [1.807, 2.05) is 12.1 Å². The van der Waals surface area contributed by atoms with Gasteiger partial charge < -0.3 is 9.84 Å². The second kappa shape index (κ2) is 6.23. The zero-order valence-corrected chi connectivity index (χ0v) is 10.1. The second-order valence-electron chi connectivity index (χ2n) is 4.03. The molecule has 17 heavy (non-hydrogen) atoms. The number of hydrogen-bond acceptors (Lipinski definition) is 2. The molecule has 1 aromatic carbocycles. The van der Waals surface area contributed by atoms with Crippen LogP contribution in [0.15, 0.2) is 18.2 Å². The molecule has 94 valence electrons. The van der Waals surface area contributed by atoms with Crippen molar-refractivity contribution in [2.75, 3.05) is 13.8 Å². The molecule has 0 bridgehead atoms. The van der Waals surface area contributed by atoms with Gasteiger partial charge in [-0.25, -0.2) is 0 Å². The standard InChI is InChI=1S/C13H17FO3/c1-9(13(15)16)7-10-3-4-12(17-2)11(8-10)5-6-14/h3-4,8-9H,5-7H2,1-2H3,(H,15,16). The van der Waals surface area contributed by atoms with Crippen LogP contribution in [0.25, 0.3) is 0 Å². The third-order valence-electron chi connectivity index (χ3n) is 2.67. The van der Waals surface area contributed by atoms with Gasteiger partial charge in [0.25, 0.3) is 0 Å². The average molecular weight is 240 g/mol. The maximum Gasteiger partial charge on any atom is 0.306 e. The van der Waals surface area contributed by atoms with Crippen molar-refractivity contribution in [3.63, 3.8) is 0 Å². The lowest BCUT2D eigenvalue weighted by atomic mass is 9.98. The highest BCUT2D eigenvalue weighted by molar-refractivity contribution is 5.69. The van der Waals surface area contributed by atoms with Crippen molar-refractivity contribution >= 4 is 5.97 Å². The molecule has 0 radical (unpaired) electrons. The summed E-state index contributed by atoms with van der Waals surface area (Å²) in [6, 6.07) is 5.40. The van der Waals surface area contributed by atoms with Crippen LogP contribution in [0.5, 0.6) is 5.75 Å². The molecule has 0 saturated heterocycles. The molecule has 0 aliphatic heterocycles. The highest BCUT2D eigenvalue weighted by Crippen LogP contribution is 2.22. The first-order valence-electron chi connectivity index (χ1n) is 5.53. The first kappa shape index (κ1) is 13.5. The fourth-order valence-corrected chi connectivity index (χ4v) is 1.70. The van der Waals surface area contributed by atoms with E-state index in [1.54, 1.807) is 13.0 Å². The number of aryl methyl sites for hydroxylation is 1. The summed E-state index contributed by atoms with van der Waals surface area (Å²) in [6.07, 6.45) is 0.733. The summed E-state index contributed by atoms with van der Waals surface area (Å²) in [6.45, 7) is 1.20. The first-order chi connectivity index (χ1) is 8.08. The average Bonchev–Trinajstić information content (AvgIpc) is 2.29. The number of carboxylic acid groups (broad SMARTS) is 1. The molecule has 1 unspecified atom stereocenters. The number of rotatable bonds is 6. The van der Waals surface area contributed by atoms with Crippen molar-refractivity contribution in [3.05, 3.63) is 29.3 Å². The molecular formula is C13H17FO3. The summed E-state index contributed by atoms with van der Waals surface area (Å²) in [7, 11) is 1.54. The SMILES string of the molecule is COc1ccc(CC(C)C(=O)O)cc1CCF. The maximum atomic E-state index is 12.4. The van der Waals surface area contributed by atoms with Crippen LogP contribution in [0.4, 0.5) is 4.39 Å². The Kier molecular flexibility index (Phi) is 4.94. The molecule has 3 nitrogen and oxygen atoms in total. The Bertz CT molecular complexity index is 390. The quantitative estimate of drug-likeness (QED) is 0.830. The zero-order chi connectivity index (χ0) is 12.8. The van der Waals surface area contributed by atoms with Crippen molar-refractivity contribution in [3.8, 4) is 5.75 Å². The van der Waals surface area contributed by atoms with E-state index in [4.69, 9.17) is 9.84 Å². The number of benzene rings is 1. The van der Waals surface area contributed by atoms with Gasteiger partial charge in [-0.05, 0) is 23.6 Å². The van der Waals surface area contributed by atoms with Gasteiger partial charge in [0, 0.05) is 6.42 Å². The molecule has 1 aromatic rings. The van der Waals surface area contributed by atoms with Gasteiger partial charge in [-0.3, -0.25) is 9.18 Å². The van der Waals surface area contributed by atoms with E-state index >= 15 is 0 Å². The predicted octanol–water partition coefficient (Wildman–Crippen LogP) is 2.47. The summed E-state index contributed by atoms with van der Waals surface area (Å²) >= 11 is 0. The van der Waals surface area contributed by atoms with Crippen LogP contribution < -0.4 is 4.74 Å². The number of halogens is 1. The van der Waals surface area contributed by atoms with Crippen LogP contribution in [0.1, 0.15) is 18.1 Å². The Labute approximate surface area is 100 Å². The Balaban J connectivity index is 2.87. The fourth-order valence-electron chi connectivity index (χ4n) is 1.70. The Hall–Kier alpha value is -1.58. The molecule has 1 rings (SSSR count). The minimum Gasteiger partial charge on any atom is -0.496 e. The van der Waals surface area contributed by atoms with Gasteiger partial charge >= 0.3 is 5.97 Å². The summed E-state index contributed by atoms with van der Waals surface area (Å²) in [5, 5.41) is 8.83. The number of carboxylic acids is 1. The monoisotopic (exact) mass is 240 g/mol.